The molecule has 0 radical (unpaired) electrons. The van der Waals surface area contributed by atoms with E-state index in [0.717, 1.165) is 11.6 Å². The van der Waals surface area contributed by atoms with Crippen molar-refractivity contribution in [2.75, 3.05) is 10.7 Å². The van der Waals surface area contributed by atoms with Crippen LogP contribution in [0.5, 0.6) is 0 Å². The zero-order chi connectivity index (χ0) is 24.5. The van der Waals surface area contributed by atoms with Crippen molar-refractivity contribution in [3.05, 3.63) is 57.9 Å². The Bertz CT molecular complexity index is 1100. The van der Waals surface area contributed by atoms with Crippen LogP contribution in [0.15, 0.2) is 35.2 Å². The molecule has 1 unspecified atom stereocenters. The lowest BCUT2D eigenvalue weighted by Gasteiger charge is -2.27. The van der Waals surface area contributed by atoms with E-state index < -0.39 is 41.0 Å². The number of hydrogen-bond acceptors (Lipinski definition) is 5. The molecule has 1 heterocycles. The van der Waals surface area contributed by atoms with Crippen LogP contribution < -0.4 is 10.2 Å². The van der Waals surface area contributed by atoms with Crippen LogP contribution >= 0.6 is 23.4 Å². The number of carboxylic acids is 1. The summed E-state index contributed by atoms with van der Waals surface area (Å²) < 4.78 is 20.0. The molecule has 2 N–H and O–H groups in total. The zero-order valence-corrected chi connectivity index (χ0v) is 20.1. The van der Waals surface area contributed by atoms with Crippen LogP contribution in [0.25, 0.3) is 0 Å². The van der Waals surface area contributed by atoms with Gasteiger partial charge in [0.15, 0.2) is 0 Å². The number of nitrogens with one attached hydrogen (secondary N) is 1. The van der Waals surface area contributed by atoms with Crippen LogP contribution in [-0.4, -0.2) is 40.5 Å². The van der Waals surface area contributed by atoms with Crippen molar-refractivity contribution in [3.8, 4) is 0 Å². The maximum absolute atomic E-state index is 14.8. The third-order valence-electron chi connectivity index (χ3n) is 4.84. The number of alkyl carbamates (subject to hydrolysis) is 1. The second kappa shape index (κ2) is 9.61. The standard InChI is InChI=1S/C23H24ClFN2O5S/c1-12-18(25)15(21(29)30)9-17-19(12)33-11-16(26-22(31)32-23(2,3)4)20(28)27(17)10-13-5-7-14(24)8-6-13/h5-9,16H,10-11H2,1-4H3,(H,26,31)(H,29,30). The monoisotopic (exact) mass is 494 g/mol. The Morgan fingerprint density at radius 1 is 1.30 bits per heavy atom. The molecule has 10 heteroatoms. The van der Waals surface area contributed by atoms with E-state index in [1.807, 2.05) is 0 Å². The molecule has 1 atom stereocenters. The summed E-state index contributed by atoms with van der Waals surface area (Å²) in [5, 5.41) is 12.6. The maximum Gasteiger partial charge on any atom is 0.408 e. The highest BCUT2D eigenvalue weighted by atomic mass is 35.5. The third-order valence-corrected chi connectivity index (χ3v) is 6.40. The summed E-state index contributed by atoms with van der Waals surface area (Å²) in [4.78, 5) is 39.3. The van der Waals surface area contributed by atoms with Gasteiger partial charge in [-0.2, -0.15) is 0 Å². The normalized spacial score (nSPS) is 16.1. The van der Waals surface area contributed by atoms with Crippen LogP contribution in [0.4, 0.5) is 14.9 Å². The molecule has 0 fully saturated rings. The predicted octanol–water partition coefficient (Wildman–Crippen LogP) is 5.02. The van der Waals surface area contributed by atoms with Crippen LogP contribution in [0.2, 0.25) is 5.02 Å². The first-order valence-corrected chi connectivity index (χ1v) is 11.5. The number of amides is 2. The number of halogens is 2. The molecule has 2 aromatic carbocycles. The van der Waals surface area contributed by atoms with Crippen molar-refractivity contribution in [1.29, 1.82) is 0 Å². The smallest absolute Gasteiger partial charge is 0.408 e. The Hall–Kier alpha value is -2.78. The lowest BCUT2D eigenvalue weighted by atomic mass is 10.1. The number of fused-ring (bicyclic) bond motifs is 1. The van der Waals surface area contributed by atoms with Gasteiger partial charge in [-0.3, -0.25) is 4.79 Å². The Morgan fingerprint density at radius 3 is 2.52 bits per heavy atom. The van der Waals surface area contributed by atoms with E-state index in [-0.39, 0.29) is 23.5 Å². The fraction of sp³-hybridized carbons (Fsp3) is 0.348. The number of carbonyl (C=O) groups is 3. The van der Waals surface area contributed by atoms with Crippen molar-refractivity contribution in [1.82, 2.24) is 5.32 Å². The van der Waals surface area contributed by atoms with Gasteiger partial charge >= 0.3 is 12.1 Å². The van der Waals surface area contributed by atoms with Crippen LogP contribution in [0.1, 0.15) is 42.3 Å². The van der Waals surface area contributed by atoms with E-state index in [2.05, 4.69) is 5.32 Å². The summed E-state index contributed by atoms with van der Waals surface area (Å²) >= 11 is 7.14. The highest BCUT2D eigenvalue weighted by Gasteiger charge is 2.35. The maximum atomic E-state index is 14.8. The first-order valence-electron chi connectivity index (χ1n) is 10.1. The summed E-state index contributed by atoms with van der Waals surface area (Å²) in [5.41, 5.74) is -0.168. The van der Waals surface area contributed by atoms with Crippen LogP contribution in [-0.2, 0) is 16.1 Å². The van der Waals surface area contributed by atoms with Gasteiger partial charge in [0, 0.05) is 21.2 Å². The zero-order valence-electron chi connectivity index (χ0n) is 18.6. The summed E-state index contributed by atoms with van der Waals surface area (Å²) in [6, 6.07) is 7.00. The molecule has 33 heavy (non-hydrogen) atoms. The number of hydrogen-bond donors (Lipinski definition) is 2. The number of benzene rings is 2. The molecule has 176 valence electrons. The second-order valence-electron chi connectivity index (χ2n) is 8.58. The second-order valence-corrected chi connectivity index (χ2v) is 10.0. The van der Waals surface area contributed by atoms with E-state index in [1.165, 1.54) is 23.6 Å². The molecular weight excluding hydrogens is 471 g/mol. The van der Waals surface area contributed by atoms with Gasteiger partial charge in [0.1, 0.15) is 17.5 Å². The van der Waals surface area contributed by atoms with Crippen LogP contribution in [0.3, 0.4) is 0 Å². The Kier molecular flexibility index (Phi) is 7.23. The molecule has 0 aromatic heterocycles. The Morgan fingerprint density at radius 2 is 1.94 bits per heavy atom. The van der Waals surface area contributed by atoms with Gasteiger partial charge < -0.3 is 20.1 Å². The van der Waals surface area contributed by atoms with Gasteiger partial charge in [-0.15, -0.1) is 11.8 Å². The summed E-state index contributed by atoms with van der Waals surface area (Å²) in [6.45, 7) is 6.66. The minimum Gasteiger partial charge on any atom is -0.478 e. The van der Waals surface area contributed by atoms with Gasteiger partial charge in [-0.25, -0.2) is 14.0 Å². The molecule has 0 bridgehead atoms. The van der Waals surface area contributed by atoms with Crippen molar-refractivity contribution in [2.45, 2.75) is 50.8 Å². The van der Waals surface area contributed by atoms with E-state index in [0.29, 0.717) is 9.92 Å². The molecule has 2 aromatic rings. The van der Waals surface area contributed by atoms with Crippen molar-refractivity contribution in [2.24, 2.45) is 0 Å². The van der Waals surface area contributed by atoms with Gasteiger partial charge in [0.2, 0.25) is 0 Å². The average Bonchev–Trinajstić information content (AvgIpc) is 2.83. The molecule has 2 amide bonds. The molecule has 3 rings (SSSR count). The molecule has 7 nitrogen and oxygen atoms in total. The quantitative estimate of drug-likeness (QED) is 0.619. The van der Waals surface area contributed by atoms with E-state index >= 15 is 0 Å². The summed E-state index contributed by atoms with van der Waals surface area (Å²) in [5.74, 6) is -2.64. The molecular formula is C23H24ClFN2O5S. The number of ether oxygens (including phenoxy) is 1. The van der Waals surface area contributed by atoms with Gasteiger partial charge in [0.25, 0.3) is 5.91 Å². The number of anilines is 1. The SMILES string of the molecule is Cc1c(F)c(C(=O)O)cc2c1SCC(NC(=O)OC(C)(C)C)C(=O)N2Cc1ccc(Cl)cc1. The van der Waals surface area contributed by atoms with Gasteiger partial charge in [-0.05, 0) is 51.5 Å². The summed E-state index contributed by atoms with van der Waals surface area (Å²) in [6.07, 6.45) is -0.757. The van der Waals surface area contributed by atoms with Gasteiger partial charge in [0.05, 0.1) is 17.8 Å². The number of nitrogens with zero attached hydrogens (tertiary/aromatic N) is 1. The highest BCUT2D eigenvalue weighted by Crippen LogP contribution is 2.40. The average molecular weight is 495 g/mol. The van der Waals surface area contributed by atoms with Crippen LogP contribution in [0, 0.1) is 12.7 Å². The molecule has 1 aliphatic rings. The van der Waals surface area contributed by atoms with Crippen molar-refractivity contribution >= 4 is 47.0 Å². The third kappa shape index (κ3) is 5.78. The summed E-state index contributed by atoms with van der Waals surface area (Å²) in [7, 11) is 0. The largest absolute Gasteiger partial charge is 0.478 e. The highest BCUT2D eigenvalue weighted by molar-refractivity contribution is 7.99. The molecule has 0 aliphatic carbocycles. The Labute approximate surface area is 200 Å². The van der Waals surface area contributed by atoms with Gasteiger partial charge in [-0.1, -0.05) is 23.7 Å². The topological polar surface area (TPSA) is 95.9 Å². The van der Waals surface area contributed by atoms with Crippen molar-refractivity contribution < 1.29 is 28.6 Å². The molecule has 0 saturated carbocycles. The minimum absolute atomic E-state index is 0.0696. The Balaban J connectivity index is 2.05. The predicted molar refractivity (Wildman–Crippen MR) is 125 cm³/mol. The van der Waals surface area contributed by atoms with E-state index in [9.17, 15) is 23.9 Å². The van der Waals surface area contributed by atoms with E-state index in [4.69, 9.17) is 16.3 Å². The molecule has 0 spiro atoms. The molecule has 0 saturated heterocycles. The lowest BCUT2D eigenvalue weighted by Crippen LogP contribution is -2.50. The fourth-order valence-corrected chi connectivity index (χ4v) is 4.64. The van der Waals surface area contributed by atoms with E-state index in [1.54, 1.807) is 45.0 Å². The first-order chi connectivity index (χ1) is 15.4. The number of carboxylic acid groups (broad SMARTS) is 1. The number of rotatable bonds is 4. The lowest BCUT2D eigenvalue weighted by molar-refractivity contribution is -0.120. The fourth-order valence-electron chi connectivity index (χ4n) is 3.33. The number of aromatic carboxylic acids is 1. The van der Waals surface area contributed by atoms with Crippen molar-refractivity contribution in [3.63, 3.8) is 0 Å². The number of carbonyl (C=O) groups excluding carboxylic acids is 2. The minimum atomic E-state index is -1.44. The molecule has 1 aliphatic heterocycles. The first kappa shape index (κ1) is 24.9. The number of thioether (sulfide) groups is 1.